The minimum absolute atomic E-state index is 0.759. The summed E-state index contributed by atoms with van der Waals surface area (Å²) in [7, 11) is 0. The summed E-state index contributed by atoms with van der Waals surface area (Å²) in [6.07, 6.45) is 7.28. The summed E-state index contributed by atoms with van der Waals surface area (Å²) in [6.45, 7) is 0. The lowest BCUT2D eigenvalue weighted by Crippen LogP contribution is -2.18. The normalized spacial score (nSPS) is 29.8. The van der Waals surface area contributed by atoms with Crippen molar-refractivity contribution >= 4 is 11.8 Å². The lowest BCUT2D eigenvalue weighted by Gasteiger charge is -2.26. The summed E-state index contributed by atoms with van der Waals surface area (Å²) in [4.78, 5) is 1.50. The van der Waals surface area contributed by atoms with Crippen LogP contribution < -0.4 is 0 Å². The van der Waals surface area contributed by atoms with Gasteiger partial charge in [0, 0.05) is 10.1 Å². The largest absolute Gasteiger partial charge is 0.118 e. The molecule has 13 heavy (non-hydrogen) atoms. The average Bonchev–Trinajstić information content (AvgIpc) is 2.61. The van der Waals surface area contributed by atoms with Crippen molar-refractivity contribution in [1.82, 2.24) is 0 Å². The fourth-order valence-electron chi connectivity index (χ4n) is 2.23. The summed E-state index contributed by atoms with van der Waals surface area (Å²) >= 11 is 2.04. The van der Waals surface area contributed by atoms with Crippen LogP contribution in [0, 0.1) is 5.92 Å². The van der Waals surface area contributed by atoms with Crippen molar-refractivity contribution < 1.29 is 0 Å². The van der Waals surface area contributed by atoms with Gasteiger partial charge < -0.3 is 0 Å². The third-order valence-electron chi connectivity index (χ3n) is 2.95. The molecule has 2 aliphatic rings. The van der Waals surface area contributed by atoms with E-state index in [1.807, 2.05) is 11.8 Å². The summed E-state index contributed by atoms with van der Waals surface area (Å²) in [6, 6.07) is 8.83. The first-order valence-corrected chi connectivity index (χ1v) is 5.73. The van der Waals surface area contributed by atoms with Crippen LogP contribution in [-0.2, 0) is 6.42 Å². The van der Waals surface area contributed by atoms with Crippen LogP contribution in [0.2, 0.25) is 0 Å². The number of benzene rings is 1. The van der Waals surface area contributed by atoms with Gasteiger partial charge in [-0.1, -0.05) is 30.4 Å². The number of thioether (sulfide) groups is 1. The third-order valence-corrected chi connectivity index (χ3v) is 4.41. The molecular formula is C12H12S. The van der Waals surface area contributed by atoms with Crippen LogP contribution in [0.3, 0.4) is 0 Å². The molecule has 0 radical (unpaired) electrons. The minimum Gasteiger partial charge on any atom is -0.118 e. The number of hydrogen-bond donors (Lipinski definition) is 0. The molecule has 0 saturated heterocycles. The standard InChI is InChI=1S/C12H12S/c1-2-6-11-9(4-1)8-10-5-3-7-12(10)13-11/h1-4,6-7,10,12H,5,8H2. The first-order valence-electron chi connectivity index (χ1n) is 4.85. The first kappa shape index (κ1) is 7.69. The zero-order chi connectivity index (χ0) is 8.67. The van der Waals surface area contributed by atoms with Crippen molar-refractivity contribution in [1.29, 1.82) is 0 Å². The zero-order valence-electron chi connectivity index (χ0n) is 7.44. The summed E-state index contributed by atoms with van der Waals surface area (Å²) in [5, 5.41) is 0.759. The Morgan fingerprint density at radius 3 is 3.15 bits per heavy atom. The highest BCUT2D eigenvalue weighted by Crippen LogP contribution is 2.43. The number of hydrogen-bond acceptors (Lipinski definition) is 1. The molecular weight excluding hydrogens is 176 g/mol. The molecule has 0 fully saturated rings. The molecule has 1 aliphatic heterocycles. The number of allylic oxidation sites excluding steroid dienone is 1. The van der Waals surface area contributed by atoms with E-state index in [1.165, 1.54) is 17.7 Å². The van der Waals surface area contributed by atoms with Crippen molar-refractivity contribution in [2.75, 3.05) is 0 Å². The second-order valence-electron chi connectivity index (χ2n) is 3.82. The van der Waals surface area contributed by atoms with Gasteiger partial charge in [0.25, 0.3) is 0 Å². The second kappa shape index (κ2) is 2.91. The maximum absolute atomic E-state index is 2.38. The van der Waals surface area contributed by atoms with Gasteiger partial charge in [0.1, 0.15) is 0 Å². The fraction of sp³-hybridized carbons (Fsp3) is 0.333. The van der Waals surface area contributed by atoms with E-state index in [0.29, 0.717) is 0 Å². The van der Waals surface area contributed by atoms with E-state index in [9.17, 15) is 0 Å². The predicted octanol–water partition coefficient (Wildman–Crippen LogP) is 3.28. The van der Waals surface area contributed by atoms with Crippen LogP contribution in [-0.4, -0.2) is 5.25 Å². The maximum atomic E-state index is 2.38. The fourth-order valence-corrected chi connectivity index (χ4v) is 3.57. The quantitative estimate of drug-likeness (QED) is 0.563. The van der Waals surface area contributed by atoms with E-state index in [0.717, 1.165) is 11.2 Å². The van der Waals surface area contributed by atoms with Crippen LogP contribution in [0.5, 0.6) is 0 Å². The molecule has 0 nitrogen and oxygen atoms in total. The highest BCUT2D eigenvalue weighted by Gasteiger charge is 2.29. The Balaban J connectivity index is 2.00. The molecule has 66 valence electrons. The molecule has 0 bridgehead atoms. The Hall–Kier alpha value is -0.690. The predicted molar refractivity (Wildman–Crippen MR) is 57.0 cm³/mol. The highest BCUT2D eigenvalue weighted by molar-refractivity contribution is 8.00. The van der Waals surface area contributed by atoms with Gasteiger partial charge in [0.2, 0.25) is 0 Å². The molecule has 2 unspecified atom stereocenters. The summed E-state index contributed by atoms with van der Waals surface area (Å²) in [5.74, 6) is 0.875. The molecule has 0 amide bonds. The third kappa shape index (κ3) is 1.22. The molecule has 0 N–H and O–H groups in total. The van der Waals surface area contributed by atoms with Crippen molar-refractivity contribution in [3.63, 3.8) is 0 Å². The molecule has 1 aliphatic carbocycles. The van der Waals surface area contributed by atoms with Gasteiger partial charge in [-0.05, 0) is 30.4 Å². The van der Waals surface area contributed by atoms with E-state index in [-0.39, 0.29) is 0 Å². The molecule has 2 atom stereocenters. The summed E-state index contributed by atoms with van der Waals surface area (Å²) < 4.78 is 0. The van der Waals surface area contributed by atoms with Crippen LogP contribution in [0.25, 0.3) is 0 Å². The van der Waals surface area contributed by atoms with Crippen LogP contribution in [0.1, 0.15) is 12.0 Å². The maximum Gasteiger partial charge on any atom is 0.0308 e. The van der Waals surface area contributed by atoms with Gasteiger partial charge in [0.15, 0.2) is 0 Å². The molecule has 1 heteroatoms. The van der Waals surface area contributed by atoms with Gasteiger partial charge in [-0.3, -0.25) is 0 Å². The summed E-state index contributed by atoms with van der Waals surface area (Å²) in [5.41, 5.74) is 1.55. The zero-order valence-corrected chi connectivity index (χ0v) is 8.26. The molecule has 1 heterocycles. The Bertz CT molecular complexity index is 354. The Kier molecular flexibility index (Phi) is 1.72. The molecule has 0 spiro atoms. The Labute approximate surface area is 83.0 Å². The molecule has 1 aromatic carbocycles. The van der Waals surface area contributed by atoms with Gasteiger partial charge in [-0.15, -0.1) is 11.8 Å². The van der Waals surface area contributed by atoms with Crippen molar-refractivity contribution in [2.24, 2.45) is 5.92 Å². The lowest BCUT2D eigenvalue weighted by atomic mass is 9.96. The van der Waals surface area contributed by atoms with Crippen LogP contribution in [0.4, 0.5) is 0 Å². The second-order valence-corrected chi connectivity index (χ2v) is 5.04. The monoisotopic (exact) mass is 188 g/mol. The topological polar surface area (TPSA) is 0 Å². The molecule has 0 aromatic heterocycles. The first-order chi connectivity index (χ1) is 6.43. The van der Waals surface area contributed by atoms with E-state index in [1.54, 1.807) is 5.56 Å². The van der Waals surface area contributed by atoms with E-state index in [4.69, 9.17) is 0 Å². The van der Waals surface area contributed by atoms with Crippen LogP contribution >= 0.6 is 11.8 Å². The van der Waals surface area contributed by atoms with Crippen LogP contribution in [0.15, 0.2) is 41.3 Å². The van der Waals surface area contributed by atoms with E-state index < -0.39 is 0 Å². The van der Waals surface area contributed by atoms with Gasteiger partial charge in [-0.25, -0.2) is 0 Å². The van der Waals surface area contributed by atoms with Gasteiger partial charge in [0.05, 0.1) is 0 Å². The van der Waals surface area contributed by atoms with Gasteiger partial charge in [-0.2, -0.15) is 0 Å². The van der Waals surface area contributed by atoms with Crippen molar-refractivity contribution in [3.05, 3.63) is 42.0 Å². The van der Waals surface area contributed by atoms with Gasteiger partial charge >= 0.3 is 0 Å². The van der Waals surface area contributed by atoms with Crippen molar-refractivity contribution in [2.45, 2.75) is 23.0 Å². The Morgan fingerprint density at radius 1 is 1.23 bits per heavy atom. The lowest BCUT2D eigenvalue weighted by molar-refractivity contribution is 0.563. The molecule has 3 rings (SSSR count). The Morgan fingerprint density at radius 2 is 2.15 bits per heavy atom. The average molecular weight is 188 g/mol. The smallest absolute Gasteiger partial charge is 0.0308 e. The number of fused-ring (bicyclic) bond motifs is 2. The van der Waals surface area contributed by atoms with E-state index >= 15 is 0 Å². The van der Waals surface area contributed by atoms with Crippen molar-refractivity contribution in [3.8, 4) is 0 Å². The minimum atomic E-state index is 0.759. The highest BCUT2D eigenvalue weighted by atomic mass is 32.2. The number of rotatable bonds is 0. The molecule has 0 saturated carbocycles. The van der Waals surface area contributed by atoms with E-state index in [2.05, 4.69) is 36.4 Å². The SMILES string of the molecule is C1=CC2Sc3ccccc3CC2C1. The molecule has 1 aromatic rings.